The van der Waals surface area contributed by atoms with Crippen LogP contribution in [-0.2, 0) is 4.79 Å². The third kappa shape index (κ3) is 2.99. The van der Waals surface area contributed by atoms with Gasteiger partial charge in [0, 0.05) is 23.2 Å². The lowest BCUT2D eigenvalue weighted by molar-refractivity contribution is -0.123. The summed E-state index contributed by atoms with van der Waals surface area (Å²) in [5.41, 5.74) is 2.03. The van der Waals surface area contributed by atoms with Crippen LogP contribution >= 0.6 is 15.9 Å². The predicted octanol–water partition coefficient (Wildman–Crippen LogP) is 1.79. The largest absolute Gasteiger partial charge is 0.394 e. The number of benzene rings is 1. The van der Waals surface area contributed by atoms with Gasteiger partial charge in [0.05, 0.1) is 6.61 Å². The number of aliphatic hydroxyl groups is 1. The second-order valence-corrected chi connectivity index (χ2v) is 5.81. The van der Waals surface area contributed by atoms with Crippen LogP contribution in [0.1, 0.15) is 12.0 Å². The first-order valence-electron chi connectivity index (χ1n) is 6.43. The van der Waals surface area contributed by atoms with Gasteiger partial charge in [-0.3, -0.25) is 9.69 Å². The van der Waals surface area contributed by atoms with E-state index in [9.17, 15) is 9.90 Å². The maximum Gasteiger partial charge on any atom is 0.246 e. The Bertz CT molecular complexity index is 479. The number of amides is 1. The molecule has 0 spiro atoms. The zero-order chi connectivity index (χ0) is 14.0. The van der Waals surface area contributed by atoms with Gasteiger partial charge in [0.25, 0.3) is 0 Å². The van der Waals surface area contributed by atoms with E-state index >= 15 is 0 Å². The standard InChI is InChI=1S/C14H19BrN2O2/c1-10-4-5-11(8-12(10)15)17-7-3-6-16(2)13(9-18)14(17)19/h4-5,8,13,18H,3,6-7,9H2,1-2H3. The zero-order valence-corrected chi connectivity index (χ0v) is 12.9. The number of likely N-dealkylation sites (N-methyl/N-ethyl adjacent to an activating group) is 1. The number of nitrogens with zero attached hydrogens (tertiary/aromatic N) is 2. The molecule has 0 bridgehead atoms. The molecule has 1 unspecified atom stereocenters. The molecule has 0 aromatic heterocycles. The summed E-state index contributed by atoms with van der Waals surface area (Å²) in [6.07, 6.45) is 0.907. The number of anilines is 1. The predicted molar refractivity (Wildman–Crippen MR) is 79.4 cm³/mol. The molecule has 1 N–H and O–H groups in total. The van der Waals surface area contributed by atoms with Crippen LogP contribution in [0.3, 0.4) is 0 Å². The van der Waals surface area contributed by atoms with Gasteiger partial charge in [-0.1, -0.05) is 22.0 Å². The van der Waals surface area contributed by atoms with Gasteiger partial charge in [-0.25, -0.2) is 0 Å². The lowest BCUT2D eigenvalue weighted by Gasteiger charge is -2.27. The second-order valence-electron chi connectivity index (χ2n) is 4.96. The Balaban J connectivity index is 2.31. The molecule has 0 aliphatic carbocycles. The van der Waals surface area contributed by atoms with Gasteiger partial charge in [0.1, 0.15) is 6.04 Å². The van der Waals surface area contributed by atoms with Crippen LogP contribution in [0.15, 0.2) is 22.7 Å². The van der Waals surface area contributed by atoms with E-state index < -0.39 is 6.04 Å². The average Bonchev–Trinajstić information content (AvgIpc) is 2.52. The van der Waals surface area contributed by atoms with Crippen LogP contribution in [-0.4, -0.2) is 48.7 Å². The fourth-order valence-electron chi connectivity index (χ4n) is 2.34. The molecule has 1 saturated heterocycles. The smallest absolute Gasteiger partial charge is 0.246 e. The van der Waals surface area contributed by atoms with E-state index in [0.29, 0.717) is 6.54 Å². The van der Waals surface area contributed by atoms with Crippen molar-refractivity contribution in [3.05, 3.63) is 28.2 Å². The van der Waals surface area contributed by atoms with Crippen molar-refractivity contribution in [2.24, 2.45) is 0 Å². The van der Waals surface area contributed by atoms with Crippen molar-refractivity contribution in [1.29, 1.82) is 0 Å². The van der Waals surface area contributed by atoms with E-state index in [2.05, 4.69) is 15.9 Å². The van der Waals surface area contributed by atoms with Crippen molar-refractivity contribution in [2.75, 3.05) is 31.6 Å². The molecule has 104 valence electrons. The van der Waals surface area contributed by atoms with Gasteiger partial charge >= 0.3 is 0 Å². The van der Waals surface area contributed by atoms with Crippen LogP contribution in [0.2, 0.25) is 0 Å². The summed E-state index contributed by atoms with van der Waals surface area (Å²) in [7, 11) is 1.88. The molecule has 1 aliphatic rings. The molecular weight excluding hydrogens is 308 g/mol. The molecule has 0 saturated carbocycles. The summed E-state index contributed by atoms with van der Waals surface area (Å²) < 4.78 is 0.996. The van der Waals surface area contributed by atoms with Crippen molar-refractivity contribution < 1.29 is 9.90 Å². The molecule has 1 aromatic rings. The van der Waals surface area contributed by atoms with E-state index in [1.54, 1.807) is 4.90 Å². The highest BCUT2D eigenvalue weighted by molar-refractivity contribution is 9.10. The number of aliphatic hydroxyl groups excluding tert-OH is 1. The summed E-state index contributed by atoms with van der Waals surface area (Å²) in [6, 6.07) is 5.47. The minimum Gasteiger partial charge on any atom is -0.394 e. The highest BCUT2D eigenvalue weighted by atomic mass is 79.9. The van der Waals surface area contributed by atoms with Gasteiger partial charge < -0.3 is 10.0 Å². The van der Waals surface area contributed by atoms with Gasteiger partial charge in [-0.2, -0.15) is 0 Å². The van der Waals surface area contributed by atoms with E-state index in [-0.39, 0.29) is 12.5 Å². The van der Waals surface area contributed by atoms with Crippen molar-refractivity contribution in [3.8, 4) is 0 Å². The van der Waals surface area contributed by atoms with E-state index in [1.165, 1.54) is 0 Å². The monoisotopic (exact) mass is 326 g/mol. The maximum absolute atomic E-state index is 12.5. The normalized spacial score (nSPS) is 21.6. The summed E-state index contributed by atoms with van der Waals surface area (Å²) in [4.78, 5) is 16.2. The molecule has 2 rings (SSSR count). The van der Waals surface area contributed by atoms with E-state index in [1.807, 2.05) is 37.1 Å². The fourth-order valence-corrected chi connectivity index (χ4v) is 2.70. The third-order valence-corrected chi connectivity index (χ3v) is 4.47. The molecule has 1 aromatic carbocycles. The minimum atomic E-state index is -0.442. The number of carbonyl (C=O) groups is 1. The Kier molecular flexibility index (Phi) is 4.60. The molecule has 1 atom stereocenters. The number of carbonyl (C=O) groups excluding carboxylic acids is 1. The summed E-state index contributed by atoms with van der Waals surface area (Å²) >= 11 is 3.50. The Morgan fingerprint density at radius 1 is 1.42 bits per heavy atom. The lowest BCUT2D eigenvalue weighted by atomic mass is 10.2. The Labute approximate surface area is 122 Å². The van der Waals surface area contributed by atoms with Crippen molar-refractivity contribution >= 4 is 27.5 Å². The SMILES string of the molecule is Cc1ccc(N2CCCN(C)C(CO)C2=O)cc1Br. The molecule has 1 amide bonds. The number of rotatable bonds is 2. The summed E-state index contributed by atoms with van der Waals surface area (Å²) in [5, 5.41) is 9.42. The first-order chi connectivity index (χ1) is 9.04. The Hall–Kier alpha value is -0.910. The molecular formula is C14H19BrN2O2. The van der Waals surface area contributed by atoms with Crippen LogP contribution in [0.4, 0.5) is 5.69 Å². The molecule has 4 nitrogen and oxygen atoms in total. The van der Waals surface area contributed by atoms with Crippen molar-refractivity contribution in [1.82, 2.24) is 4.90 Å². The van der Waals surface area contributed by atoms with E-state index in [4.69, 9.17) is 0 Å². The number of hydrogen-bond acceptors (Lipinski definition) is 3. The van der Waals surface area contributed by atoms with Gasteiger partial charge in [0.2, 0.25) is 5.91 Å². The minimum absolute atomic E-state index is 0.0294. The van der Waals surface area contributed by atoms with Crippen LogP contribution in [0.25, 0.3) is 0 Å². The summed E-state index contributed by atoms with van der Waals surface area (Å²) in [6.45, 7) is 3.39. The topological polar surface area (TPSA) is 43.8 Å². The second kappa shape index (κ2) is 6.03. The van der Waals surface area contributed by atoms with Crippen LogP contribution in [0.5, 0.6) is 0 Å². The molecule has 5 heteroatoms. The third-order valence-electron chi connectivity index (χ3n) is 3.62. The highest BCUT2D eigenvalue weighted by Gasteiger charge is 2.30. The molecule has 1 heterocycles. The molecule has 1 aliphatic heterocycles. The Morgan fingerprint density at radius 3 is 2.79 bits per heavy atom. The first-order valence-corrected chi connectivity index (χ1v) is 7.22. The number of aryl methyl sites for hydroxylation is 1. The van der Waals surface area contributed by atoms with Crippen LogP contribution in [0, 0.1) is 6.92 Å². The first kappa shape index (κ1) is 14.5. The zero-order valence-electron chi connectivity index (χ0n) is 11.3. The lowest BCUT2D eigenvalue weighted by Crippen LogP contribution is -2.46. The van der Waals surface area contributed by atoms with Gasteiger partial charge in [-0.05, 0) is 38.1 Å². The number of hydrogen-bond donors (Lipinski definition) is 1. The van der Waals surface area contributed by atoms with E-state index in [0.717, 1.165) is 28.7 Å². The maximum atomic E-state index is 12.5. The highest BCUT2D eigenvalue weighted by Crippen LogP contribution is 2.25. The molecule has 0 radical (unpaired) electrons. The fraction of sp³-hybridized carbons (Fsp3) is 0.500. The van der Waals surface area contributed by atoms with Gasteiger partial charge in [0.15, 0.2) is 0 Å². The number of halogens is 1. The quantitative estimate of drug-likeness (QED) is 0.901. The van der Waals surface area contributed by atoms with Crippen LogP contribution < -0.4 is 4.90 Å². The molecule has 1 fully saturated rings. The van der Waals surface area contributed by atoms with Crippen molar-refractivity contribution in [3.63, 3.8) is 0 Å². The molecule has 19 heavy (non-hydrogen) atoms. The summed E-state index contributed by atoms with van der Waals surface area (Å²) in [5.74, 6) is -0.0294. The van der Waals surface area contributed by atoms with Gasteiger partial charge in [-0.15, -0.1) is 0 Å². The average molecular weight is 327 g/mol. The van der Waals surface area contributed by atoms with Crippen molar-refractivity contribution in [2.45, 2.75) is 19.4 Å². The Morgan fingerprint density at radius 2 is 2.16 bits per heavy atom.